The Bertz CT molecular complexity index is 1450. The Morgan fingerprint density at radius 3 is 1.95 bits per heavy atom. The average Bonchev–Trinajstić information content (AvgIpc) is 3.62. The summed E-state index contributed by atoms with van der Waals surface area (Å²) in [7, 11) is 4.06. The second-order valence-corrected chi connectivity index (χ2v) is 22.9. The molecule has 3 fully saturated rings. The van der Waals surface area contributed by atoms with E-state index in [0.717, 1.165) is 133 Å². The van der Waals surface area contributed by atoms with Crippen LogP contribution in [0.3, 0.4) is 0 Å². The molecule has 0 aromatic heterocycles. The molecule has 8 unspecified atom stereocenters. The fraction of sp³-hybridized carbons (Fsp3) is 0.879. The Morgan fingerprint density at radius 2 is 1.28 bits per heavy atom. The zero-order chi connectivity index (χ0) is 47.1. The number of allylic oxidation sites excluding steroid dienone is 3. The molecule has 374 valence electrons. The van der Waals surface area contributed by atoms with Crippen LogP contribution < -0.4 is 0 Å². The SMILES string of the molecule is CCCCCCCCCCOC(=O)CCCCCCC(CCCCCCC(=O)OC1CCC2(C)C(=CC=C3C2CCC2(C)C3CCC2C(C)CCCC(C)C)C1)OC(=O)CCCN(C)C. The van der Waals surface area contributed by atoms with Crippen molar-refractivity contribution in [1.29, 1.82) is 0 Å². The highest BCUT2D eigenvalue weighted by Gasteiger charge is 2.57. The highest BCUT2D eigenvalue weighted by Crippen LogP contribution is 2.66. The summed E-state index contributed by atoms with van der Waals surface area (Å²) >= 11 is 0. The molecule has 4 aliphatic rings. The topological polar surface area (TPSA) is 82.1 Å². The van der Waals surface area contributed by atoms with Gasteiger partial charge in [-0.2, -0.15) is 0 Å². The number of ether oxygens (including phenoxy) is 3. The maximum atomic E-state index is 13.1. The number of hydrogen-bond acceptors (Lipinski definition) is 7. The van der Waals surface area contributed by atoms with E-state index >= 15 is 0 Å². The van der Waals surface area contributed by atoms with Crippen molar-refractivity contribution in [3.63, 3.8) is 0 Å². The van der Waals surface area contributed by atoms with Gasteiger partial charge in [0.15, 0.2) is 0 Å². The van der Waals surface area contributed by atoms with Crippen LogP contribution in [0, 0.1) is 40.4 Å². The lowest BCUT2D eigenvalue weighted by Gasteiger charge is -2.55. The summed E-state index contributed by atoms with van der Waals surface area (Å²) in [6, 6.07) is 0. The first kappa shape index (κ1) is 55.4. The van der Waals surface area contributed by atoms with E-state index in [1.54, 1.807) is 5.57 Å². The lowest BCUT2D eigenvalue weighted by molar-refractivity contribution is -0.151. The third kappa shape index (κ3) is 18.7. The fourth-order valence-electron chi connectivity index (χ4n) is 12.9. The van der Waals surface area contributed by atoms with Crippen molar-refractivity contribution in [2.24, 2.45) is 40.4 Å². The van der Waals surface area contributed by atoms with Crippen LogP contribution >= 0.6 is 0 Å². The van der Waals surface area contributed by atoms with Gasteiger partial charge < -0.3 is 19.1 Å². The van der Waals surface area contributed by atoms with Gasteiger partial charge in [-0.05, 0) is 151 Å². The van der Waals surface area contributed by atoms with E-state index in [2.05, 4.69) is 58.6 Å². The molecule has 3 saturated carbocycles. The summed E-state index contributed by atoms with van der Waals surface area (Å²) in [6.07, 6.45) is 39.0. The van der Waals surface area contributed by atoms with Gasteiger partial charge in [0.25, 0.3) is 0 Å². The molecule has 7 nitrogen and oxygen atoms in total. The molecule has 0 aromatic carbocycles. The summed E-state index contributed by atoms with van der Waals surface area (Å²) in [5.41, 5.74) is 3.93. The number of carbonyl (C=O) groups excluding carboxylic acids is 3. The minimum absolute atomic E-state index is 0.000268. The highest BCUT2D eigenvalue weighted by atomic mass is 16.5. The van der Waals surface area contributed by atoms with Crippen molar-refractivity contribution in [2.75, 3.05) is 27.2 Å². The Hall–Kier alpha value is -2.15. The Kier molecular flexibility index (Phi) is 25.3. The summed E-state index contributed by atoms with van der Waals surface area (Å²) < 4.78 is 17.7. The number of carbonyl (C=O) groups is 3. The van der Waals surface area contributed by atoms with E-state index in [1.807, 2.05) is 14.1 Å². The summed E-state index contributed by atoms with van der Waals surface area (Å²) in [4.78, 5) is 40.2. The van der Waals surface area contributed by atoms with E-state index in [4.69, 9.17) is 14.2 Å². The zero-order valence-electron chi connectivity index (χ0n) is 43.6. The number of nitrogens with zero attached hydrogens (tertiary/aromatic N) is 1. The van der Waals surface area contributed by atoms with E-state index in [9.17, 15) is 14.4 Å². The van der Waals surface area contributed by atoms with Crippen LogP contribution in [0.25, 0.3) is 0 Å². The van der Waals surface area contributed by atoms with E-state index in [0.29, 0.717) is 37.2 Å². The van der Waals surface area contributed by atoms with Gasteiger partial charge in [0.1, 0.15) is 12.2 Å². The first-order valence-corrected chi connectivity index (χ1v) is 27.9. The standard InChI is InChI=1S/C58H101NO6/c1-9-10-11-12-13-14-19-24-43-63-54(60)31-22-17-15-20-29-48(64-56(62)33-26-42-59(7)8)30-21-16-18-23-32-55(61)65-49-38-40-57(5)47(44-49)34-35-50-52-37-36-51(46(4)28-25-27-45(2)3)58(52,6)41-39-53(50)57/h34-35,45-46,48-49,51-53H,9-33,36-44H2,1-8H3. The molecule has 0 aliphatic heterocycles. The largest absolute Gasteiger partial charge is 0.466 e. The normalized spacial score (nSPS) is 25.9. The summed E-state index contributed by atoms with van der Waals surface area (Å²) in [5.74, 6) is 3.66. The quantitative estimate of drug-likeness (QED) is 0.0361. The minimum atomic E-state index is -0.0936. The van der Waals surface area contributed by atoms with Crippen molar-refractivity contribution in [3.8, 4) is 0 Å². The zero-order valence-corrected chi connectivity index (χ0v) is 43.6. The molecular weight excluding hydrogens is 807 g/mol. The minimum Gasteiger partial charge on any atom is -0.466 e. The molecule has 4 rings (SSSR count). The molecule has 4 aliphatic carbocycles. The average molecular weight is 908 g/mol. The fourth-order valence-corrected chi connectivity index (χ4v) is 12.9. The van der Waals surface area contributed by atoms with E-state index in [-0.39, 0.29) is 35.5 Å². The van der Waals surface area contributed by atoms with Crippen LogP contribution in [0.1, 0.15) is 247 Å². The Labute approximate surface area is 400 Å². The second kappa shape index (κ2) is 29.7. The van der Waals surface area contributed by atoms with Gasteiger partial charge >= 0.3 is 17.9 Å². The molecule has 8 atom stereocenters. The first-order chi connectivity index (χ1) is 31.3. The van der Waals surface area contributed by atoms with Gasteiger partial charge in [0, 0.05) is 25.7 Å². The van der Waals surface area contributed by atoms with Crippen molar-refractivity contribution >= 4 is 17.9 Å². The Morgan fingerprint density at radius 1 is 0.646 bits per heavy atom. The smallest absolute Gasteiger partial charge is 0.306 e. The molecule has 0 amide bonds. The molecular formula is C58H101NO6. The molecule has 0 N–H and O–H groups in total. The van der Waals surface area contributed by atoms with E-state index in [1.165, 1.54) is 89.0 Å². The van der Waals surface area contributed by atoms with Crippen LogP contribution in [0.15, 0.2) is 23.3 Å². The third-order valence-corrected chi connectivity index (χ3v) is 16.9. The summed E-state index contributed by atoms with van der Waals surface area (Å²) in [6.45, 7) is 16.1. The maximum Gasteiger partial charge on any atom is 0.306 e. The second-order valence-electron chi connectivity index (χ2n) is 22.9. The van der Waals surface area contributed by atoms with Crippen molar-refractivity contribution in [2.45, 2.75) is 259 Å². The van der Waals surface area contributed by atoms with Crippen LogP contribution in [0.4, 0.5) is 0 Å². The van der Waals surface area contributed by atoms with Gasteiger partial charge in [-0.1, -0.05) is 155 Å². The highest BCUT2D eigenvalue weighted by molar-refractivity contribution is 5.70. The van der Waals surface area contributed by atoms with Crippen molar-refractivity contribution in [3.05, 3.63) is 23.3 Å². The lowest BCUT2D eigenvalue weighted by atomic mass is 9.50. The number of rotatable bonds is 34. The van der Waals surface area contributed by atoms with Gasteiger partial charge in [0.05, 0.1) is 6.61 Å². The lowest BCUT2D eigenvalue weighted by Crippen LogP contribution is -2.46. The van der Waals surface area contributed by atoms with Gasteiger partial charge in [0.2, 0.25) is 0 Å². The summed E-state index contributed by atoms with van der Waals surface area (Å²) in [5, 5.41) is 0. The Balaban J connectivity index is 1.11. The van der Waals surface area contributed by atoms with Crippen molar-refractivity contribution < 1.29 is 28.6 Å². The number of esters is 3. The molecule has 0 bridgehead atoms. The van der Waals surface area contributed by atoms with Gasteiger partial charge in [-0.15, -0.1) is 0 Å². The molecule has 0 radical (unpaired) electrons. The van der Waals surface area contributed by atoms with Crippen LogP contribution in [-0.4, -0.2) is 62.3 Å². The van der Waals surface area contributed by atoms with Crippen LogP contribution in [0.2, 0.25) is 0 Å². The molecule has 0 saturated heterocycles. The van der Waals surface area contributed by atoms with E-state index < -0.39 is 0 Å². The molecule has 0 heterocycles. The predicted molar refractivity (Wildman–Crippen MR) is 270 cm³/mol. The number of hydrogen-bond donors (Lipinski definition) is 0. The monoisotopic (exact) mass is 908 g/mol. The number of unbranched alkanes of at least 4 members (excludes halogenated alkanes) is 13. The van der Waals surface area contributed by atoms with Crippen molar-refractivity contribution in [1.82, 2.24) is 4.90 Å². The maximum absolute atomic E-state index is 13.1. The molecule has 65 heavy (non-hydrogen) atoms. The van der Waals surface area contributed by atoms with Gasteiger partial charge in [-0.25, -0.2) is 0 Å². The van der Waals surface area contributed by atoms with Crippen LogP contribution in [0.5, 0.6) is 0 Å². The number of fused-ring (bicyclic) bond motifs is 5. The molecule has 0 aromatic rings. The van der Waals surface area contributed by atoms with Crippen LogP contribution in [-0.2, 0) is 28.6 Å². The van der Waals surface area contributed by atoms with Gasteiger partial charge in [-0.3, -0.25) is 14.4 Å². The third-order valence-electron chi connectivity index (χ3n) is 16.9. The first-order valence-electron chi connectivity index (χ1n) is 27.9. The predicted octanol–water partition coefficient (Wildman–Crippen LogP) is 15.5. The molecule has 7 heteroatoms. The molecule has 0 spiro atoms.